The number of nitrogens with one attached hydrogen (secondary N) is 2. The van der Waals surface area contributed by atoms with E-state index in [0.717, 1.165) is 5.69 Å². The minimum absolute atomic E-state index is 0.226. The molecule has 0 aliphatic rings. The third-order valence-electron chi connectivity index (χ3n) is 3.60. The molecule has 0 fully saturated rings. The Morgan fingerprint density at radius 1 is 1.33 bits per heavy atom. The van der Waals surface area contributed by atoms with E-state index in [1.54, 1.807) is 24.3 Å². The Morgan fingerprint density at radius 3 is 2.62 bits per heavy atom. The van der Waals surface area contributed by atoms with Gasteiger partial charge in [-0.25, -0.2) is 0 Å². The normalized spacial score (nSPS) is 11.7. The summed E-state index contributed by atoms with van der Waals surface area (Å²) in [4.78, 5) is 12.4. The lowest BCUT2D eigenvalue weighted by Gasteiger charge is -2.16. The maximum absolute atomic E-state index is 12.4. The zero-order valence-corrected chi connectivity index (χ0v) is 14.1. The highest BCUT2D eigenvalue weighted by Gasteiger charge is 2.22. The van der Waals surface area contributed by atoms with E-state index in [0.29, 0.717) is 17.1 Å². The standard InChI is InChI=1S/C17H20N4O3/c1-10(2)12-8-13(21-20-12)17(22)19-14(9-18)11-6-5-7-15(23-3)16(11)24-4/h5-8,10,14H,1-4H3,(H,19,22)(H,20,21)/t14-/m1/s1. The highest BCUT2D eigenvalue weighted by Crippen LogP contribution is 2.34. The maximum Gasteiger partial charge on any atom is 0.273 e. The fraction of sp³-hybridized carbons (Fsp3) is 0.353. The Morgan fingerprint density at radius 2 is 2.08 bits per heavy atom. The van der Waals surface area contributed by atoms with Gasteiger partial charge in [-0.1, -0.05) is 26.0 Å². The molecule has 1 heterocycles. The summed E-state index contributed by atoms with van der Waals surface area (Å²) in [6, 6.07) is 8.03. The molecule has 0 aliphatic carbocycles. The van der Waals surface area contributed by atoms with Crippen molar-refractivity contribution in [3.8, 4) is 17.6 Å². The molecule has 0 spiro atoms. The first kappa shape index (κ1) is 17.3. The predicted molar refractivity (Wildman–Crippen MR) is 88.0 cm³/mol. The second-order valence-electron chi connectivity index (χ2n) is 5.48. The molecule has 24 heavy (non-hydrogen) atoms. The van der Waals surface area contributed by atoms with Crippen molar-refractivity contribution < 1.29 is 14.3 Å². The molecular weight excluding hydrogens is 308 g/mol. The van der Waals surface area contributed by atoms with Crippen molar-refractivity contribution >= 4 is 5.91 Å². The van der Waals surface area contributed by atoms with Crippen LogP contribution in [0.15, 0.2) is 24.3 Å². The van der Waals surface area contributed by atoms with Gasteiger partial charge in [0.1, 0.15) is 11.7 Å². The molecule has 1 atom stereocenters. The molecule has 1 aromatic carbocycles. The number of nitrogens with zero attached hydrogens (tertiary/aromatic N) is 2. The lowest BCUT2D eigenvalue weighted by Crippen LogP contribution is -2.28. The summed E-state index contributed by atoms with van der Waals surface area (Å²) >= 11 is 0. The average Bonchev–Trinajstić information content (AvgIpc) is 3.09. The van der Waals surface area contributed by atoms with Crippen LogP contribution < -0.4 is 14.8 Å². The number of amides is 1. The van der Waals surface area contributed by atoms with E-state index in [4.69, 9.17) is 9.47 Å². The second-order valence-corrected chi connectivity index (χ2v) is 5.48. The number of carbonyl (C=O) groups excluding carboxylic acids is 1. The number of aromatic amines is 1. The summed E-state index contributed by atoms with van der Waals surface area (Å²) < 4.78 is 10.6. The fourth-order valence-electron chi connectivity index (χ4n) is 2.27. The van der Waals surface area contributed by atoms with Gasteiger partial charge in [0.25, 0.3) is 5.91 Å². The topological polar surface area (TPSA) is 100 Å². The first-order chi connectivity index (χ1) is 11.5. The van der Waals surface area contributed by atoms with Crippen LogP contribution in [0, 0.1) is 11.3 Å². The number of methoxy groups -OCH3 is 2. The largest absolute Gasteiger partial charge is 0.493 e. The van der Waals surface area contributed by atoms with Crippen molar-refractivity contribution in [3.05, 3.63) is 41.2 Å². The molecule has 0 aliphatic heterocycles. The van der Waals surface area contributed by atoms with Gasteiger partial charge in [0.2, 0.25) is 0 Å². The predicted octanol–water partition coefficient (Wildman–Crippen LogP) is 2.54. The van der Waals surface area contributed by atoms with Crippen LogP contribution >= 0.6 is 0 Å². The number of carbonyl (C=O) groups is 1. The van der Waals surface area contributed by atoms with E-state index in [-0.39, 0.29) is 11.6 Å². The van der Waals surface area contributed by atoms with E-state index in [2.05, 4.69) is 21.6 Å². The molecule has 2 N–H and O–H groups in total. The van der Waals surface area contributed by atoms with Gasteiger partial charge in [-0.2, -0.15) is 10.4 Å². The summed E-state index contributed by atoms with van der Waals surface area (Å²) in [6.45, 7) is 3.99. The number of nitriles is 1. The minimum atomic E-state index is -0.887. The Bertz CT molecular complexity index is 761. The minimum Gasteiger partial charge on any atom is -0.493 e. The number of ether oxygens (including phenoxy) is 2. The van der Waals surface area contributed by atoms with E-state index in [1.165, 1.54) is 14.2 Å². The maximum atomic E-state index is 12.4. The summed E-state index contributed by atoms with van der Waals surface area (Å²) in [5.41, 5.74) is 1.61. The molecule has 0 unspecified atom stereocenters. The Hall–Kier alpha value is -3.01. The van der Waals surface area contributed by atoms with E-state index < -0.39 is 11.9 Å². The average molecular weight is 328 g/mol. The number of hydrogen-bond donors (Lipinski definition) is 2. The van der Waals surface area contributed by atoms with Gasteiger partial charge in [0, 0.05) is 11.3 Å². The smallest absolute Gasteiger partial charge is 0.273 e. The quantitative estimate of drug-likeness (QED) is 0.849. The number of aromatic nitrogens is 2. The first-order valence-electron chi connectivity index (χ1n) is 7.48. The van der Waals surface area contributed by atoms with Gasteiger partial charge in [-0.15, -0.1) is 0 Å². The number of benzene rings is 1. The molecule has 0 saturated carbocycles. The molecule has 2 rings (SSSR count). The Labute approximate surface area is 140 Å². The van der Waals surface area contributed by atoms with Crippen molar-refractivity contribution in [1.29, 1.82) is 5.26 Å². The third kappa shape index (κ3) is 3.49. The third-order valence-corrected chi connectivity index (χ3v) is 3.60. The molecule has 0 radical (unpaired) electrons. The number of H-pyrrole nitrogens is 1. The van der Waals surface area contributed by atoms with Gasteiger partial charge in [0.05, 0.1) is 20.3 Å². The van der Waals surface area contributed by atoms with Crippen LogP contribution in [0.25, 0.3) is 0 Å². The van der Waals surface area contributed by atoms with E-state index in [1.807, 2.05) is 13.8 Å². The highest BCUT2D eigenvalue weighted by atomic mass is 16.5. The van der Waals surface area contributed by atoms with E-state index in [9.17, 15) is 10.1 Å². The highest BCUT2D eigenvalue weighted by molar-refractivity contribution is 5.93. The molecule has 126 valence electrons. The summed E-state index contributed by atoms with van der Waals surface area (Å²) in [7, 11) is 3.00. The first-order valence-corrected chi connectivity index (χ1v) is 7.48. The molecule has 0 bridgehead atoms. The van der Waals surface area contributed by atoms with Crippen molar-refractivity contribution in [2.75, 3.05) is 14.2 Å². The van der Waals surface area contributed by atoms with Crippen LogP contribution in [0.5, 0.6) is 11.5 Å². The van der Waals surface area contributed by atoms with Gasteiger partial charge in [-0.3, -0.25) is 9.89 Å². The Balaban J connectivity index is 2.26. The van der Waals surface area contributed by atoms with E-state index >= 15 is 0 Å². The monoisotopic (exact) mass is 328 g/mol. The van der Waals surface area contributed by atoms with Crippen LogP contribution in [0.2, 0.25) is 0 Å². The lowest BCUT2D eigenvalue weighted by atomic mass is 10.1. The molecule has 7 nitrogen and oxygen atoms in total. The van der Waals surface area contributed by atoms with Crippen molar-refractivity contribution in [2.45, 2.75) is 25.8 Å². The van der Waals surface area contributed by atoms with Crippen LogP contribution in [-0.2, 0) is 0 Å². The molecule has 1 amide bonds. The van der Waals surface area contributed by atoms with Gasteiger partial charge >= 0.3 is 0 Å². The zero-order chi connectivity index (χ0) is 17.7. The van der Waals surface area contributed by atoms with Crippen LogP contribution in [0.1, 0.15) is 47.6 Å². The van der Waals surface area contributed by atoms with Crippen molar-refractivity contribution in [2.24, 2.45) is 0 Å². The number of rotatable bonds is 6. The summed E-state index contributed by atoms with van der Waals surface area (Å²) in [5, 5.41) is 18.9. The van der Waals surface area contributed by atoms with Crippen molar-refractivity contribution in [3.63, 3.8) is 0 Å². The second kappa shape index (κ2) is 7.51. The molecule has 1 aromatic heterocycles. The molecule has 2 aromatic rings. The number of para-hydroxylation sites is 1. The molecule has 0 saturated heterocycles. The van der Waals surface area contributed by atoms with Crippen LogP contribution in [0.4, 0.5) is 0 Å². The fourth-order valence-corrected chi connectivity index (χ4v) is 2.27. The summed E-state index contributed by atoms with van der Waals surface area (Å²) in [5.74, 6) is 0.696. The zero-order valence-electron chi connectivity index (χ0n) is 14.1. The van der Waals surface area contributed by atoms with Gasteiger partial charge in [-0.05, 0) is 18.1 Å². The van der Waals surface area contributed by atoms with Gasteiger partial charge in [0.15, 0.2) is 11.5 Å². The van der Waals surface area contributed by atoms with Gasteiger partial charge < -0.3 is 14.8 Å². The van der Waals surface area contributed by atoms with Crippen molar-refractivity contribution in [1.82, 2.24) is 15.5 Å². The SMILES string of the molecule is COc1cccc([C@@H](C#N)NC(=O)c2cc(C(C)C)[nH]n2)c1OC. The van der Waals surface area contributed by atoms with Crippen LogP contribution in [0.3, 0.4) is 0 Å². The summed E-state index contributed by atoms with van der Waals surface area (Å²) in [6.07, 6.45) is 0. The van der Waals surface area contributed by atoms with Crippen LogP contribution in [-0.4, -0.2) is 30.3 Å². The Kier molecular flexibility index (Phi) is 5.42. The molecular formula is C17H20N4O3. The number of hydrogen-bond acceptors (Lipinski definition) is 5. The molecule has 7 heteroatoms. The lowest BCUT2D eigenvalue weighted by molar-refractivity contribution is 0.0939.